The van der Waals surface area contributed by atoms with Gasteiger partial charge in [-0.05, 0) is 77.3 Å². The Morgan fingerprint density at radius 2 is 1.37 bits per heavy atom. The lowest BCUT2D eigenvalue weighted by Crippen LogP contribution is -2.28. The maximum absolute atomic E-state index is 10.8. The van der Waals surface area contributed by atoms with Gasteiger partial charge in [0.15, 0.2) is 6.29 Å². The quantitative estimate of drug-likeness (QED) is 0.264. The van der Waals surface area contributed by atoms with Crippen LogP contribution in [0.2, 0.25) is 0 Å². The van der Waals surface area contributed by atoms with E-state index in [4.69, 9.17) is 9.47 Å². The van der Waals surface area contributed by atoms with Crippen molar-refractivity contribution in [1.29, 1.82) is 0 Å². The summed E-state index contributed by atoms with van der Waals surface area (Å²) in [6.07, 6.45) is 1.97. The summed E-state index contributed by atoms with van der Waals surface area (Å²) in [4.78, 5) is 1.47. The first-order valence-corrected chi connectivity index (χ1v) is 14.5. The Kier molecular flexibility index (Phi) is 9.10. The zero-order chi connectivity index (χ0) is 29.9. The van der Waals surface area contributed by atoms with E-state index in [0.717, 1.165) is 59.3 Å². The molecule has 5 rings (SSSR count). The number of aromatic nitrogens is 3. The highest BCUT2D eigenvalue weighted by Gasteiger charge is 2.30. The molecule has 41 heavy (non-hydrogen) atoms. The van der Waals surface area contributed by atoms with E-state index in [-0.39, 0.29) is 22.9 Å². The van der Waals surface area contributed by atoms with Gasteiger partial charge in [0, 0.05) is 11.5 Å². The molecule has 2 N–H and O–H groups in total. The Morgan fingerprint density at radius 1 is 0.829 bits per heavy atom. The van der Waals surface area contributed by atoms with Crippen LogP contribution in [0.1, 0.15) is 89.9 Å². The first-order valence-electron chi connectivity index (χ1n) is 14.5. The number of fused-ring (bicyclic) bond motifs is 1. The molecule has 7 nitrogen and oxygen atoms in total. The highest BCUT2D eigenvalue weighted by atomic mass is 16.7. The number of hydrogen-bond acceptors (Lipinski definition) is 6. The van der Waals surface area contributed by atoms with Crippen LogP contribution in [0, 0.1) is 12.8 Å². The van der Waals surface area contributed by atoms with Gasteiger partial charge in [-0.2, -0.15) is 0 Å². The monoisotopic (exact) mass is 559 g/mol. The van der Waals surface area contributed by atoms with Crippen LogP contribution in [0.5, 0.6) is 11.5 Å². The minimum Gasteiger partial charge on any atom is -0.507 e. The van der Waals surface area contributed by atoms with Crippen molar-refractivity contribution in [3.8, 4) is 17.2 Å². The lowest BCUT2D eigenvalue weighted by Gasteiger charge is -2.33. The Labute approximate surface area is 244 Å². The fourth-order valence-corrected chi connectivity index (χ4v) is 5.01. The zero-order valence-corrected chi connectivity index (χ0v) is 25.7. The molecule has 2 heterocycles. The first kappa shape index (κ1) is 30.5. The number of hydrogen-bond donors (Lipinski definition) is 2. The molecule has 1 aromatic heterocycles. The SMILES string of the molecule is CCCC1COC(c2cc(C(C)(C)C)c(O)c(C(C)(C)C)c2)OC1.Cc1ccc(O)c(-n2nc3ccccc3n2)c1. The predicted octanol–water partition coefficient (Wildman–Crippen LogP) is 7.88. The summed E-state index contributed by atoms with van der Waals surface area (Å²) < 4.78 is 12.0. The molecule has 0 spiro atoms. The van der Waals surface area contributed by atoms with E-state index in [1.165, 1.54) is 4.80 Å². The standard InChI is InChI=1S/C21H34O3.C13H11N3O/c1-8-9-14-12-23-19(24-13-14)15-10-16(20(2,3)4)18(22)17(11-15)21(5,6)7;1-9-6-7-13(17)12(8-9)16-14-10-4-2-3-5-11(10)15-16/h10-11,14,19,22H,8-9,12-13H2,1-7H3;2-8,17H,1H3. The van der Waals surface area contributed by atoms with Crippen LogP contribution in [0.3, 0.4) is 0 Å². The molecule has 0 atom stereocenters. The van der Waals surface area contributed by atoms with E-state index in [9.17, 15) is 10.2 Å². The van der Waals surface area contributed by atoms with Crippen molar-refractivity contribution in [2.24, 2.45) is 5.92 Å². The smallest absolute Gasteiger partial charge is 0.183 e. The second kappa shape index (κ2) is 12.2. The van der Waals surface area contributed by atoms with Gasteiger partial charge in [0.25, 0.3) is 0 Å². The number of rotatable bonds is 4. The van der Waals surface area contributed by atoms with Gasteiger partial charge < -0.3 is 19.7 Å². The lowest BCUT2D eigenvalue weighted by molar-refractivity contribution is -0.206. The Hall–Kier alpha value is -3.42. The number of ether oxygens (including phenoxy) is 2. The van der Waals surface area contributed by atoms with Gasteiger partial charge in [0.1, 0.15) is 28.2 Å². The zero-order valence-electron chi connectivity index (χ0n) is 25.7. The fraction of sp³-hybridized carbons (Fsp3) is 0.471. The third-order valence-corrected chi connectivity index (χ3v) is 7.32. The molecule has 0 bridgehead atoms. The molecular weight excluding hydrogens is 514 g/mol. The van der Waals surface area contributed by atoms with Crippen molar-refractivity contribution in [1.82, 2.24) is 15.0 Å². The van der Waals surface area contributed by atoms with Crippen LogP contribution in [0.25, 0.3) is 16.7 Å². The summed E-state index contributed by atoms with van der Waals surface area (Å²) in [5.41, 5.74) is 5.92. The molecule has 0 unspecified atom stereocenters. The van der Waals surface area contributed by atoms with Crippen LogP contribution in [0.4, 0.5) is 0 Å². The van der Waals surface area contributed by atoms with Crippen molar-refractivity contribution in [2.45, 2.75) is 85.4 Å². The lowest BCUT2D eigenvalue weighted by atomic mass is 9.78. The molecule has 220 valence electrons. The Balaban J connectivity index is 0.000000199. The van der Waals surface area contributed by atoms with Crippen LogP contribution in [0.15, 0.2) is 54.6 Å². The van der Waals surface area contributed by atoms with Crippen molar-refractivity contribution in [3.63, 3.8) is 0 Å². The highest BCUT2D eigenvalue weighted by molar-refractivity contribution is 5.73. The van der Waals surface area contributed by atoms with E-state index < -0.39 is 0 Å². The van der Waals surface area contributed by atoms with Gasteiger partial charge in [0.2, 0.25) is 0 Å². The van der Waals surface area contributed by atoms with Gasteiger partial charge >= 0.3 is 0 Å². The van der Waals surface area contributed by atoms with Crippen LogP contribution >= 0.6 is 0 Å². The van der Waals surface area contributed by atoms with Crippen molar-refractivity contribution in [2.75, 3.05) is 13.2 Å². The average molecular weight is 560 g/mol. The highest BCUT2D eigenvalue weighted by Crippen LogP contribution is 2.42. The minimum absolute atomic E-state index is 0.139. The van der Waals surface area contributed by atoms with Crippen molar-refractivity contribution in [3.05, 3.63) is 76.9 Å². The van der Waals surface area contributed by atoms with Crippen LogP contribution < -0.4 is 0 Å². The topological polar surface area (TPSA) is 89.6 Å². The maximum Gasteiger partial charge on any atom is 0.183 e. The van der Waals surface area contributed by atoms with E-state index in [2.05, 4.69) is 70.8 Å². The summed E-state index contributed by atoms with van der Waals surface area (Å²) in [5.74, 6) is 1.07. The predicted molar refractivity (Wildman–Crippen MR) is 164 cm³/mol. The Bertz CT molecular complexity index is 1400. The van der Waals surface area contributed by atoms with E-state index in [1.54, 1.807) is 6.07 Å². The number of nitrogens with zero attached hydrogens (tertiary/aromatic N) is 3. The Morgan fingerprint density at radius 3 is 1.85 bits per heavy atom. The summed E-state index contributed by atoms with van der Waals surface area (Å²) in [7, 11) is 0. The molecule has 1 aliphatic heterocycles. The maximum atomic E-state index is 10.8. The second-order valence-electron chi connectivity index (χ2n) is 13.1. The van der Waals surface area contributed by atoms with Gasteiger partial charge in [-0.25, -0.2) is 0 Å². The molecule has 0 amide bonds. The molecule has 7 heteroatoms. The molecule has 1 saturated heterocycles. The third kappa shape index (κ3) is 7.27. The number of phenols is 2. The summed E-state index contributed by atoms with van der Waals surface area (Å²) >= 11 is 0. The van der Waals surface area contributed by atoms with E-state index >= 15 is 0 Å². The van der Waals surface area contributed by atoms with E-state index in [1.807, 2.05) is 43.3 Å². The van der Waals surface area contributed by atoms with Crippen molar-refractivity contribution < 1.29 is 19.7 Å². The number of phenolic OH excluding ortho intramolecular Hbond substituents is 2. The summed E-state index contributed by atoms with van der Waals surface area (Å²) in [6.45, 7) is 18.4. The molecule has 0 aliphatic carbocycles. The number of aromatic hydroxyl groups is 2. The third-order valence-electron chi connectivity index (χ3n) is 7.32. The molecule has 0 radical (unpaired) electrons. The largest absolute Gasteiger partial charge is 0.507 e. The minimum atomic E-state index is -0.332. The first-order chi connectivity index (χ1) is 19.3. The second-order valence-corrected chi connectivity index (χ2v) is 13.1. The molecule has 1 aliphatic rings. The normalized spacial score (nSPS) is 17.8. The summed E-state index contributed by atoms with van der Waals surface area (Å²) in [6, 6.07) is 17.1. The average Bonchev–Trinajstić information content (AvgIpc) is 3.34. The van der Waals surface area contributed by atoms with E-state index in [0.29, 0.717) is 17.4 Å². The van der Waals surface area contributed by atoms with Gasteiger partial charge in [-0.15, -0.1) is 15.0 Å². The van der Waals surface area contributed by atoms with Crippen LogP contribution in [-0.4, -0.2) is 38.4 Å². The molecule has 4 aromatic rings. The van der Waals surface area contributed by atoms with Gasteiger partial charge in [-0.1, -0.05) is 73.1 Å². The van der Waals surface area contributed by atoms with Crippen molar-refractivity contribution >= 4 is 11.0 Å². The van der Waals surface area contributed by atoms with Gasteiger partial charge in [-0.3, -0.25) is 0 Å². The summed E-state index contributed by atoms with van der Waals surface area (Å²) in [5, 5.41) is 29.3. The molecule has 1 fully saturated rings. The van der Waals surface area contributed by atoms with Crippen LogP contribution in [-0.2, 0) is 20.3 Å². The number of benzene rings is 3. The molecular formula is C34H45N3O4. The fourth-order valence-electron chi connectivity index (χ4n) is 5.01. The molecule has 0 saturated carbocycles. The number of aryl methyl sites for hydroxylation is 1. The molecule has 3 aromatic carbocycles. The van der Waals surface area contributed by atoms with Gasteiger partial charge in [0.05, 0.1) is 13.2 Å².